The van der Waals surface area contributed by atoms with Crippen molar-refractivity contribution in [2.24, 2.45) is 7.05 Å². The molecule has 1 aromatic heterocycles. The van der Waals surface area contributed by atoms with E-state index in [9.17, 15) is 13.2 Å². The Bertz CT molecular complexity index is 765. The van der Waals surface area contributed by atoms with Crippen LogP contribution in [0.2, 0.25) is 0 Å². The smallest absolute Gasteiger partial charge is 0.243 e. The lowest BCUT2D eigenvalue weighted by Gasteiger charge is -2.17. The standard InChI is InChI=1S/C14H17N3O3S/c1-11(18)12-5-4-6-13(9-12)21(19,20)17(3)10-14-15-7-8-16(14)2/h4-9H,10H2,1-3H3. The van der Waals surface area contributed by atoms with E-state index in [1.807, 2.05) is 0 Å². The van der Waals surface area contributed by atoms with Gasteiger partial charge in [0, 0.05) is 32.1 Å². The minimum atomic E-state index is -3.66. The van der Waals surface area contributed by atoms with Gasteiger partial charge in [0.25, 0.3) is 0 Å². The number of carbonyl (C=O) groups excluding carboxylic acids is 1. The maximum absolute atomic E-state index is 12.5. The van der Waals surface area contributed by atoms with Gasteiger partial charge in [-0.05, 0) is 19.1 Å². The van der Waals surface area contributed by atoms with Gasteiger partial charge in [0.1, 0.15) is 5.82 Å². The van der Waals surface area contributed by atoms with E-state index in [1.54, 1.807) is 36.1 Å². The predicted molar refractivity (Wildman–Crippen MR) is 78.3 cm³/mol. The zero-order chi connectivity index (χ0) is 15.6. The first-order valence-corrected chi connectivity index (χ1v) is 7.80. The molecule has 0 unspecified atom stereocenters. The molecule has 0 fully saturated rings. The Morgan fingerprint density at radius 1 is 1.38 bits per heavy atom. The highest BCUT2D eigenvalue weighted by molar-refractivity contribution is 7.89. The van der Waals surface area contributed by atoms with Crippen LogP contribution in [0.15, 0.2) is 41.6 Å². The lowest BCUT2D eigenvalue weighted by atomic mass is 10.2. The Morgan fingerprint density at radius 3 is 2.67 bits per heavy atom. The van der Waals surface area contributed by atoms with Crippen molar-refractivity contribution in [3.05, 3.63) is 48.0 Å². The van der Waals surface area contributed by atoms with E-state index >= 15 is 0 Å². The van der Waals surface area contributed by atoms with Gasteiger partial charge in [-0.3, -0.25) is 4.79 Å². The number of Topliss-reactive ketones (excluding diaryl/α,β-unsaturated/α-hetero) is 1. The molecule has 112 valence electrons. The summed E-state index contributed by atoms with van der Waals surface area (Å²) in [5.74, 6) is 0.475. The highest BCUT2D eigenvalue weighted by Crippen LogP contribution is 2.17. The number of aromatic nitrogens is 2. The summed E-state index contributed by atoms with van der Waals surface area (Å²) >= 11 is 0. The molecule has 6 nitrogen and oxygen atoms in total. The molecule has 1 heterocycles. The monoisotopic (exact) mass is 307 g/mol. The second kappa shape index (κ2) is 5.79. The number of sulfonamides is 1. The molecule has 0 amide bonds. The summed E-state index contributed by atoms with van der Waals surface area (Å²) in [5.41, 5.74) is 0.376. The second-order valence-corrected chi connectivity index (χ2v) is 6.84. The molecule has 0 bridgehead atoms. The van der Waals surface area contributed by atoms with Gasteiger partial charge in [-0.25, -0.2) is 13.4 Å². The van der Waals surface area contributed by atoms with Crippen molar-refractivity contribution in [3.8, 4) is 0 Å². The first-order chi connectivity index (χ1) is 9.82. The van der Waals surface area contributed by atoms with Crippen molar-refractivity contribution in [3.63, 3.8) is 0 Å². The van der Waals surface area contributed by atoms with Gasteiger partial charge in [0.15, 0.2) is 5.78 Å². The normalized spacial score (nSPS) is 11.8. The van der Waals surface area contributed by atoms with Crippen molar-refractivity contribution < 1.29 is 13.2 Å². The van der Waals surface area contributed by atoms with Crippen LogP contribution in [0, 0.1) is 0 Å². The maximum Gasteiger partial charge on any atom is 0.243 e. The summed E-state index contributed by atoms with van der Waals surface area (Å²) in [7, 11) is -0.365. The third kappa shape index (κ3) is 3.20. The van der Waals surface area contributed by atoms with Gasteiger partial charge in [-0.2, -0.15) is 4.31 Å². The minimum Gasteiger partial charge on any atom is -0.337 e. The average molecular weight is 307 g/mol. The lowest BCUT2D eigenvalue weighted by Crippen LogP contribution is -2.27. The fourth-order valence-corrected chi connectivity index (χ4v) is 3.06. The van der Waals surface area contributed by atoms with Crippen LogP contribution in [-0.4, -0.2) is 35.1 Å². The highest BCUT2D eigenvalue weighted by Gasteiger charge is 2.22. The van der Waals surface area contributed by atoms with Crippen LogP contribution in [0.4, 0.5) is 0 Å². The zero-order valence-electron chi connectivity index (χ0n) is 12.1. The van der Waals surface area contributed by atoms with Crippen molar-refractivity contribution in [2.75, 3.05) is 7.05 Å². The average Bonchev–Trinajstić information content (AvgIpc) is 2.84. The van der Waals surface area contributed by atoms with Gasteiger partial charge in [0.05, 0.1) is 11.4 Å². The van der Waals surface area contributed by atoms with Crippen LogP contribution in [0.3, 0.4) is 0 Å². The predicted octanol–water partition coefficient (Wildman–Crippen LogP) is 1.44. The zero-order valence-corrected chi connectivity index (χ0v) is 13.0. The fraction of sp³-hybridized carbons (Fsp3) is 0.286. The Balaban J connectivity index is 2.31. The number of rotatable bonds is 5. The summed E-state index contributed by atoms with van der Waals surface area (Å²) in [5, 5.41) is 0. The van der Waals surface area contributed by atoms with Gasteiger partial charge >= 0.3 is 0 Å². The molecule has 0 aliphatic rings. The molecule has 0 saturated carbocycles. The highest BCUT2D eigenvalue weighted by atomic mass is 32.2. The van der Waals surface area contributed by atoms with Crippen LogP contribution in [0.5, 0.6) is 0 Å². The van der Waals surface area contributed by atoms with Gasteiger partial charge in [-0.1, -0.05) is 12.1 Å². The van der Waals surface area contributed by atoms with E-state index in [0.29, 0.717) is 11.4 Å². The summed E-state index contributed by atoms with van der Waals surface area (Å²) in [6.45, 7) is 1.57. The SMILES string of the molecule is CC(=O)c1cccc(S(=O)(=O)N(C)Cc2nccn2C)c1. The molecule has 7 heteroatoms. The third-order valence-electron chi connectivity index (χ3n) is 3.23. The molecule has 0 N–H and O–H groups in total. The summed E-state index contributed by atoms with van der Waals surface area (Å²) in [6, 6.07) is 6.04. The molecule has 2 aromatic rings. The molecular weight excluding hydrogens is 290 g/mol. The summed E-state index contributed by atoms with van der Waals surface area (Å²) < 4.78 is 28.0. The lowest BCUT2D eigenvalue weighted by molar-refractivity contribution is 0.101. The number of hydrogen-bond donors (Lipinski definition) is 0. The first kappa shape index (κ1) is 15.4. The first-order valence-electron chi connectivity index (χ1n) is 6.36. The largest absolute Gasteiger partial charge is 0.337 e. The molecular formula is C14H17N3O3S. The van der Waals surface area contributed by atoms with Crippen molar-refractivity contribution in [1.29, 1.82) is 0 Å². The van der Waals surface area contributed by atoms with Crippen LogP contribution < -0.4 is 0 Å². The number of benzene rings is 1. The van der Waals surface area contributed by atoms with Crippen LogP contribution in [0.25, 0.3) is 0 Å². The molecule has 0 atom stereocenters. The van der Waals surface area contributed by atoms with Crippen molar-refractivity contribution in [1.82, 2.24) is 13.9 Å². The Kier molecular flexibility index (Phi) is 4.24. The summed E-state index contributed by atoms with van der Waals surface area (Å²) in [6.07, 6.45) is 3.37. The number of imidazole rings is 1. The molecule has 0 aliphatic carbocycles. The quantitative estimate of drug-likeness (QED) is 0.784. The second-order valence-electron chi connectivity index (χ2n) is 4.80. The van der Waals surface area contributed by atoms with Gasteiger partial charge in [0.2, 0.25) is 10.0 Å². The van der Waals surface area contributed by atoms with E-state index in [4.69, 9.17) is 0 Å². The molecule has 0 radical (unpaired) electrons. The van der Waals surface area contributed by atoms with E-state index in [1.165, 1.54) is 30.4 Å². The van der Waals surface area contributed by atoms with Crippen LogP contribution in [-0.2, 0) is 23.6 Å². The number of aryl methyl sites for hydroxylation is 1. The van der Waals surface area contributed by atoms with E-state index in [2.05, 4.69) is 4.98 Å². The molecule has 0 saturated heterocycles. The number of carbonyl (C=O) groups is 1. The number of hydrogen-bond acceptors (Lipinski definition) is 4. The Morgan fingerprint density at radius 2 is 2.10 bits per heavy atom. The maximum atomic E-state index is 12.5. The summed E-state index contributed by atoms with van der Waals surface area (Å²) in [4.78, 5) is 15.6. The molecule has 1 aromatic carbocycles. The van der Waals surface area contributed by atoms with Crippen LogP contribution in [0.1, 0.15) is 23.1 Å². The minimum absolute atomic E-state index is 0.104. The number of nitrogens with zero attached hydrogens (tertiary/aromatic N) is 3. The fourth-order valence-electron chi connectivity index (χ4n) is 1.89. The van der Waals surface area contributed by atoms with Crippen molar-refractivity contribution >= 4 is 15.8 Å². The van der Waals surface area contributed by atoms with Gasteiger partial charge in [-0.15, -0.1) is 0 Å². The molecule has 0 aliphatic heterocycles. The molecule has 21 heavy (non-hydrogen) atoms. The van der Waals surface area contributed by atoms with Crippen molar-refractivity contribution in [2.45, 2.75) is 18.4 Å². The molecule has 0 spiro atoms. The number of ketones is 1. The topological polar surface area (TPSA) is 72.3 Å². The van der Waals surface area contributed by atoms with E-state index < -0.39 is 10.0 Å². The van der Waals surface area contributed by atoms with E-state index in [-0.39, 0.29) is 17.2 Å². The van der Waals surface area contributed by atoms with Crippen LogP contribution >= 0.6 is 0 Å². The Hall–Kier alpha value is -1.99. The molecule has 2 rings (SSSR count). The van der Waals surface area contributed by atoms with E-state index in [0.717, 1.165) is 0 Å². The Labute approximate surface area is 124 Å². The van der Waals surface area contributed by atoms with Gasteiger partial charge < -0.3 is 4.57 Å². The third-order valence-corrected chi connectivity index (χ3v) is 5.03.